The molecule has 0 unspecified atom stereocenters. The van der Waals surface area contributed by atoms with Crippen LogP contribution in [0.5, 0.6) is 36.1 Å². The molecule has 0 bridgehead atoms. The van der Waals surface area contributed by atoms with Crippen LogP contribution < -0.4 is 28.4 Å². The normalized spacial score (nSPS) is 9.91. The fourth-order valence-corrected chi connectivity index (χ4v) is 1.27. The van der Waals surface area contributed by atoms with E-state index in [1.807, 2.05) is 0 Å². The molecule has 2 rings (SSSR count). The second-order valence-electron chi connectivity index (χ2n) is 3.59. The van der Waals surface area contributed by atoms with Crippen molar-refractivity contribution >= 4 is 0 Å². The van der Waals surface area contributed by atoms with Crippen molar-refractivity contribution < 1.29 is 28.4 Å². The third-order valence-electron chi connectivity index (χ3n) is 2.25. The maximum absolute atomic E-state index is 5.22. The lowest BCUT2D eigenvalue weighted by atomic mass is 10.9. The molecular weight excluding hydrogens is 312 g/mol. The van der Waals surface area contributed by atoms with Gasteiger partial charge in [0.05, 0.1) is 28.4 Å². The summed E-state index contributed by atoms with van der Waals surface area (Å²) in [5, 5.41) is 0. The van der Waals surface area contributed by atoms with Crippen molar-refractivity contribution in [3.05, 3.63) is 0 Å². The number of methoxy groups -OCH3 is 4. The summed E-state index contributed by atoms with van der Waals surface area (Å²) in [5.74, 6) is 0. The predicted molar refractivity (Wildman–Crippen MR) is 72.0 cm³/mol. The summed E-state index contributed by atoms with van der Waals surface area (Å²) in [4.78, 5) is 23.1. The molecule has 0 aromatic carbocycles. The Morgan fingerprint density at radius 1 is 0.478 bits per heavy atom. The Bertz CT molecular complexity index is 557. The minimum Gasteiger partial charge on any atom is -0.467 e. The van der Waals surface area contributed by atoms with Crippen molar-refractivity contribution in [3.63, 3.8) is 0 Å². The van der Waals surface area contributed by atoms with E-state index < -0.39 is 0 Å². The molecule has 124 valence electrons. The van der Waals surface area contributed by atoms with E-state index in [2.05, 4.69) is 29.9 Å². The molecule has 0 saturated carbocycles. The van der Waals surface area contributed by atoms with Gasteiger partial charge in [-0.15, -0.1) is 29.9 Å². The number of hydrogen-bond acceptors (Lipinski definition) is 12. The summed E-state index contributed by atoms with van der Waals surface area (Å²) < 4.78 is 30.0. The Hall–Kier alpha value is -3.18. The van der Waals surface area contributed by atoms with Gasteiger partial charge in [-0.2, -0.15) is 0 Å². The first kappa shape index (κ1) is 16.2. The van der Waals surface area contributed by atoms with Gasteiger partial charge in [0.1, 0.15) is 0 Å². The van der Waals surface area contributed by atoms with Crippen molar-refractivity contribution in [1.82, 2.24) is 29.9 Å². The molecule has 12 heteroatoms. The molecule has 0 amide bonds. The van der Waals surface area contributed by atoms with E-state index in [1.54, 1.807) is 0 Å². The average molecular weight is 326 g/mol. The highest BCUT2D eigenvalue weighted by Gasteiger charge is 2.11. The predicted octanol–water partition coefficient (Wildman–Crippen LogP) is -0.494. The summed E-state index contributed by atoms with van der Waals surface area (Å²) >= 11 is 0. The maximum Gasteiger partial charge on any atom is 0.328 e. The molecule has 0 aliphatic rings. The smallest absolute Gasteiger partial charge is 0.328 e. The molecule has 0 N–H and O–H groups in total. The van der Waals surface area contributed by atoms with Gasteiger partial charge in [-0.3, -0.25) is 0 Å². The number of rotatable bonds is 8. The maximum atomic E-state index is 5.22. The van der Waals surface area contributed by atoms with E-state index in [0.717, 1.165) is 0 Å². The van der Waals surface area contributed by atoms with Crippen molar-refractivity contribution in [2.24, 2.45) is 0 Å². The molecule has 0 atom stereocenters. The van der Waals surface area contributed by atoms with E-state index in [-0.39, 0.29) is 42.9 Å². The van der Waals surface area contributed by atoms with Gasteiger partial charge < -0.3 is 28.4 Å². The minimum absolute atomic E-state index is 0.0374. The Balaban J connectivity index is 2.02. The Morgan fingerprint density at radius 2 is 0.739 bits per heavy atom. The van der Waals surface area contributed by atoms with Gasteiger partial charge >= 0.3 is 36.1 Å². The summed E-state index contributed by atoms with van der Waals surface area (Å²) in [6.45, 7) is -0.285. The molecule has 0 aliphatic heterocycles. The second kappa shape index (κ2) is 7.72. The zero-order valence-corrected chi connectivity index (χ0v) is 12.8. The standard InChI is InChI=1S/C11H14N6O6/c1-18-6-12-7(19-2)15-10(14-6)22-5-23-11-16-8(20-3)13-9(17-11)21-4/h5H2,1-4H3. The number of aromatic nitrogens is 6. The molecule has 0 radical (unpaired) electrons. The van der Waals surface area contributed by atoms with E-state index in [4.69, 9.17) is 28.4 Å². The molecule has 2 aromatic rings. The SMILES string of the molecule is COc1nc(OC)nc(OCOc2nc(OC)nc(OC)n2)n1. The fourth-order valence-electron chi connectivity index (χ4n) is 1.27. The molecule has 0 spiro atoms. The van der Waals surface area contributed by atoms with Crippen LogP contribution >= 0.6 is 0 Å². The first-order valence-corrected chi connectivity index (χ1v) is 6.12. The molecule has 0 saturated heterocycles. The molecule has 12 nitrogen and oxygen atoms in total. The lowest BCUT2D eigenvalue weighted by Crippen LogP contribution is -2.12. The molecular formula is C11H14N6O6. The van der Waals surface area contributed by atoms with E-state index in [9.17, 15) is 0 Å². The van der Waals surface area contributed by atoms with Crippen molar-refractivity contribution in [2.45, 2.75) is 0 Å². The van der Waals surface area contributed by atoms with E-state index in [0.29, 0.717) is 0 Å². The first-order chi connectivity index (χ1) is 11.2. The first-order valence-electron chi connectivity index (χ1n) is 6.12. The van der Waals surface area contributed by atoms with E-state index >= 15 is 0 Å². The highest BCUT2D eigenvalue weighted by atomic mass is 16.7. The zero-order chi connectivity index (χ0) is 16.7. The van der Waals surface area contributed by atoms with Crippen LogP contribution in [0.25, 0.3) is 0 Å². The zero-order valence-electron chi connectivity index (χ0n) is 12.8. The minimum atomic E-state index is -0.285. The van der Waals surface area contributed by atoms with E-state index in [1.165, 1.54) is 28.4 Å². The van der Waals surface area contributed by atoms with Crippen LogP contribution in [0.15, 0.2) is 0 Å². The van der Waals surface area contributed by atoms with Crippen LogP contribution in [-0.4, -0.2) is 65.1 Å². The third-order valence-corrected chi connectivity index (χ3v) is 2.25. The van der Waals surface area contributed by atoms with Crippen LogP contribution in [0.4, 0.5) is 0 Å². The van der Waals surface area contributed by atoms with Gasteiger partial charge in [0, 0.05) is 0 Å². The largest absolute Gasteiger partial charge is 0.467 e. The topological polar surface area (TPSA) is 133 Å². The quantitative estimate of drug-likeness (QED) is 0.579. The molecule has 0 aliphatic carbocycles. The van der Waals surface area contributed by atoms with Crippen LogP contribution in [0.3, 0.4) is 0 Å². The summed E-state index contributed by atoms with van der Waals surface area (Å²) in [5.41, 5.74) is 0. The second-order valence-corrected chi connectivity index (χ2v) is 3.59. The van der Waals surface area contributed by atoms with Gasteiger partial charge in [0.2, 0.25) is 6.79 Å². The van der Waals surface area contributed by atoms with Crippen molar-refractivity contribution in [2.75, 3.05) is 35.2 Å². The summed E-state index contributed by atoms with van der Waals surface area (Å²) in [6.07, 6.45) is 0. The van der Waals surface area contributed by atoms with Gasteiger partial charge in [0.25, 0.3) is 0 Å². The van der Waals surface area contributed by atoms with Crippen LogP contribution in [0.2, 0.25) is 0 Å². The average Bonchev–Trinajstić information content (AvgIpc) is 2.60. The highest BCUT2D eigenvalue weighted by Crippen LogP contribution is 2.15. The Kier molecular flexibility index (Phi) is 5.44. The molecule has 2 aromatic heterocycles. The number of hydrogen-bond donors (Lipinski definition) is 0. The highest BCUT2D eigenvalue weighted by molar-refractivity contribution is 5.10. The number of nitrogens with zero attached hydrogens (tertiary/aromatic N) is 6. The van der Waals surface area contributed by atoms with Crippen LogP contribution in [-0.2, 0) is 0 Å². The lowest BCUT2D eigenvalue weighted by Gasteiger charge is -2.08. The lowest BCUT2D eigenvalue weighted by molar-refractivity contribution is 0.0957. The van der Waals surface area contributed by atoms with Crippen molar-refractivity contribution in [3.8, 4) is 36.1 Å². The molecule has 2 heterocycles. The summed E-state index contributed by atoms with van der Waals surface area (Å²) in [7, 11) is 5.60. The van der Waals surface area contributed by atoms with Crippen LogP contribution in [0, 0.1) is 0 Å². The monoisotopic (exact) mass is 326 g/mol. The Morgan fingerprint density at radius 3 is 1.00 bits per heavy atom. The van der Waals surface area contributed by atoms with Crippen molar-refractivity contribution in [1.29, 1.82) is 0 Å². The summed E-state index contributed by atoms with van der Waals surface area (Å²) in [6, 6.07) is 0.0415. The van der Waals surface area contributed by atoms with Gasteiger partial charge in [-0.25, -0.2) is 0 Å². The number of ether oxygens (including phenoxy) is 6. The third kappa shape index (κ3) is 4.39. The van der Waals surface area contributed by atoms with Crippen LogP contribution in [0.1, 0.15) is 0 Å². The Labute approximate surface area is 130 Å². The van der Waals surface area contributed by atoms with Gasteiger partial charge in [0.15, 0.2) is 0 Å². The fraction of sp³-hybridized carbons (Fsp3) is 0.455. The molecule has 0 fully saturated rings. The van der Waals surface area contributed by atoms with Gasteiger partial charge in [-0.05, 0) is 0 Å². The molecule has 23 heavy (non-hydrogen) atoms. The van der Waals surface area contributed by atoms with Gasteiger partial charge in [-0.1, -0.05) is 0 Å².